The van der Waals surface area contributed by atoms with E-state index in [-0.39, 0.29) is 12.5 Å². The van der Waals surface area contributed by atoms with Gasteiger partial charge in [-0.3, -0.25) is 4.79 Å². The molecular weight excluding hydrogens is 468 g/mol. The van der Waals surface area contributed by atoms with E-state index in [4.69, 9.17) is 9.47 Å². The van der Waals surface area contributed by atoms with Gasteiger partial charge in [0, 0.05) is 10.2 Å². The Morgan fingerprint density at radius 1 is 1.17 bits per heavy atom. The van der Waals surface area contributed by atoms with E-state index in [1.54, 1.807) is 51.3 Å². The van der Waals surface area contributed by atoms with Gasteiger partial charge in [-0.2, -0.15) is 5.10 Å². The first kappa shape index (κ1) is 24.0. The van der Waals surface area contributed by atoms with Crippen molar-refractivity contribution in [1.82, 2.24) is 5.43 Å². The SMILES string of the molecule is CC(C)(C)OC(=O)COc1ccc(/C=N\NC(=O)CSCc2cccc(Br)c2)cc1. The maximum absolute atomic E-state index is 11.9. The second kappa shape index (κ2) is 11.8. The van der Waals surface area contributed by atoms with Gasteiger partial charge in [0.2, 0.25) is 5.91 Å². The molecule has 0 unspecified atom stereocenters. The van der Waals surface area contributed by atoms with Gasteiger partial charge in [0.1, 0.15) is 11.4 Å². The molecule has 0 saturated heterocycles. The van der Waals surface area contributed by atoms with Crippen molar-refractivity contribution >= 4 is 45.8 Å². The number of esters is 1. The Hall–Kier alpha value is -2.32. The van der Waals surface area contributed by atoms with Crippen molar-refractivity contribution in [2.45, 2.75) is 32.1 Å². The molecule has 2 aromatic rings. The summed E-state index contributed by atoms with van der Waals surface area (Å²) < 4.78 is 11.6. The van der Waals surface area contributed by atoms with Crippen molar-refractivity contribution in [3.05, 3.63) is 64.1 Å². The Morgan fingerprint density at radius 2 is 1.90 bits per heavy atom. The van der Waals surface area contributed by atoms with Crippen LogP contribution in [-0.4, -0.2) is 36.1 Å². The van der Waals surface area contributed by atoms with Crippen molar-refractivity contribution in [1.29, 1.82) is 0 Å². The zero-order valence-corrected chi connectivity index (χ0v) is 19.6. The van der Waals surface area contributed by atoms with E-state index in [9.17, 15) is 9.59 Å². The van der Waals surface area contributed by atoms with Crippen molar-refractivity contribution in [3.63, 3.8) is 0 Å². The highest BCUT2D eigenvalue weighted by atomic mass is 79.9. The fraction of sp³-hybridized carbons (Fsp3) is 0.318. The molecule has 0 aromatic heterocycles. The number of rotatable bonds is 9. The van der Waals surface area contributed by atoms with Gasteiger partial charge in [-0.25, -0.2) is 10.2 Å². The largest absolute Gasteiger partial charge is 0.482 e. The van der Waals surface area contributed by atoms with Crippen LogP contribution >= 0.6 is 27.7 Å². The van der Waals surface area contributed by atoms with Gasteiger partial charge in [0.25, 0.3) is 0 Å². The summed E-state index contributed by atoms with van der Waals surface area (Å²) in [5, 5.41) is 3.97. The van der Waals surface area contributed by atoms with Crippen LogP contribution in [-0.2, 0) is 20.1 Å². The number of nitrogens with one attached hydrogen (secondary N) is 1. The number of hydrogen-bond donors (Lipinski definition) is 1. The standard InChI is InChI=1S/C22H25BrN2O4S/c1-22(2,3)29-21(27)13-28-19-9-7-16(8-10-19)12-24-25-20(26)15-30-14-17-5-4-6-18(23)11-17/h4-12H,13-15H2,1-3H3,(H,25,26)/b24-12-. The van der Waals surface area contributed by atoms with E-state index in [0.717, 1.165) is 21.4 Å². The molecule has 0 aliphatic heterocycles. The first-order valence-corrected chi connectivity index (χ1v) is 11.2. The Kier molecular flexibility index (Phi) is 9.39. The third kappa shape index (κ3) is 9.93. The van der Waals surface area contributed by atoms with Crippen molar-refractivity contribution in [3.8, 4) is 5.75 Å². The fourth-order valence-corrected chi connectivity index (χ4v) is 3.48. The average molecular weight is 493 g/mol. The third-order valence-electron chi connectivity index (χ3n) is 3.45. The number of carbonyl (C=O) groups is 2. The molecule has 160 valence electrons. The number of carbonyl (C=O) groups excluding carboxylic acids is 2. The smallest absolute Gasteiger partial charge is 0.344 e. The number of nitrogens with zero attached hydrogens (tertiary/aromatic N) is 1. The number of hydrazone groups is 1. The third-order valence-corrected chi connectivity index (χ3v) is 4.95. The number of halogens is 1. The summed E-state index contributed by atoms with van der Waals surface area (Å²) in [6, 6.07) is 15.0. The maximum atomic E-state index is 11.9. The van der Waals surface area contributed by atoms with E-state index >= 15 is 0 Å². The van der Waals surface area contributed by atoms with Gasteiger partial charge in [-0.1, -0.05) is 28.1 Å². The number of amides is 1. The van der Waals surface area contributed by atoms with Crippen molar-refractivity contribution in [2.75, 3.05) is 12.4 Å². The Balaban J connectivity index is 1.69. The quantitative estimate of drug-likeness (QED) is 0.315. The highest BCUT2D eigenvalue weighted by Gasteiger charge is 2.16. The average Bonchev–Trinajstić information content (AvgIpc) is 2.66. The Labute approximate surface area is 189 Å². The normalized spacial score (nSPS) is 11.3. The predicted octanol–water partition coefficient (Wildman–Crippen LogP) is 4.55. The summed E-state index contributed by atoms with van der Waals surface area (Å²) in [7, 11) is 0. The van der Waals surface area contributed by atoms with Gasteiger partial charge < -0.3 is 9.47 Å². The van der Waals surface area contributed by atoms with Crippen LogP contribution in [0.1, 0.15) is 31.9 Å². The fourth-order valence-electron chi connectivity index (χ4n) is 2.26. The summed E-state index contributed by atoms with van der Waals surface area (Å²) in [4.78, 5) is 23.5. The minimum Gasteiger partial charge on any atom is -0.482 e. The minimum absolute atomic E-state index is 0.154. The molecule has 30 heavy (non-hydrogen) atoms. The lowest BCUT2D eigenvalue weighted by atomic mass is 10.2. The molecular formula is C22H25BrN2O4S. The molecule has 0 aliphatic carbocycles. The number of benzene rings is 2. The van der Waals surface area contributed by atoms with Crippen molar-refractivity contribution in [2.24, 2.45) is 5.10 Å². The molecule has 1 N–H and O–H groups in total. The van der Waals surface area contributed by atoms with E-state index in [1.165, 1.54) is 11.8 Å². The minimum atomic E-state index is -0.539. The summed E-state index contributed by atoms with van der Waals surface area (Å²) in [6.45, 7) is 5.26. The zero-order chi connectivity index (χ0) is 22.0. The van der Waals surface area contributed by atoms with Crippen LogP contribution in [0.4, 0.5) is 0 Å². The summed E-state index contributed by atoms with van der Waals surface area (Å²) in [5.41, 5.74) is 3.92. The van der Waals surface area contributed by atoms with Crippen molar-refractivity contribution < 1.29 is 19.1 Å². The van der Waals surface area contributed by atoms with E-state index < -0.39 is 11.6 Å². The van der Waals surface area contributed by atoms with Gasteiger partial charge in [0.05, 0.1) is 12.0 Å². The molecule has 2 rings (SSSR count). The second-order valence-electron chi connectivity index (χ2n) is 7.36. The lowest BCUT2D eigenvalue weighted by molar-refractivity contribution is -0.157. The van der Waals surface area contributed by atoms with Crippen LogP contribution in [0.3, 0.4) is 0 Å². The molecule has 0 spiro atoms. The number of hydrogen-bond acceptors (Lipinski definition) is 6. The lowest BCUT2D eigenvalue weighted by Gasteiger charge is -2.19. The van der Waals surface area contributed by atoms with Gasteiger partial charge >= 0.3 is 5.97 Å². The molecule has 8 heteroatoms. The Bertz CT molecular complexity index is 879. The molecule has 0 fully saturated rings. The summed E-state index contributed by atoms with van der Waals surface area (Å²) >= 11 is 4.95. The monoisotopic (exact) mass is 492 g/mol. The molecule has 0 heterocycles. The van der Waals surface area contributed by atoms with Crippen LogP contribution < -0.4 is 10.2 Å². The molecule has 0 bridgehead atoms. The topological polar surface area (TPSA) is 77.0 Å². The molecule has 0 aliphatic rings. The maximum Gasteiger partial charge on any atom is 0.344 e. The highest BCUT2D eigenvalue weighted by Crippen LogP contribution is 2.17. The molecule has 0 radical (unpaired) electrons. The lowest BCUT2D eigenvalue weighted by Crippen LogP contribution is -2.27. The second-order valence-corrected chi connectivity index (χ2v) is 9.26. The molecule has 0 atom stereocenters. The molecule has 1 amide bonds. The van der Waals surface area contributed by atoms with Crippen LogP contribution in [0.5, 0.6) is 5.75 Å². The number of ether oxygens (including phenoxy) is 2. The number of thioether (sulfide) groups is 1. The highest BCUT2D eigenvalue weighted by molar-refractivity contribution is 9.10. The molecule has 0 saturated carbocycles. The van der Waals surface area contributed by atoms with Crippen LogP contribution in [0, 0.1) is 0 Å². The molecule has 2 aromatic carbocycles. The van der Waals surface area contributed by atoms with E-state index in [0.29, 0.717) is 11.5 Å². The first-order valence-electron chi connectivity index (χ1n) is 9.30. The van der Waals surface area contributed by atoms with Crippen LogP contribution in [0.15, 0.2) is 58.1 Å². The Morgan fingerprint density at radius 3 is 2.57 bits per heavy atom. The zero-order valence-electron chi connectivity index (χ0n) is 17.2. The van der Waals surface area contributed by atoms with E-state index in [1.807, 2.05) is 24.3 Å². The van der Waals surface area contributed by atoms with E-state index in [2.05, 4.69) is 26.5 Å². The molecule has 6 nitrogen and oxygen atoms in total. The van der Waals surface area contributed by atoms with Crippen LogP contribution in [0.25, 0.3) is 0 Å². The first-order chi connectivity index (χ1) is 14.2. The summed E-state index contributed by atoms with van der Waals surface area (Å²) in [6.07, 6.45) is 1.55. The van der Waals surface area contributed by atoms with Gasteiger partial charge in [-0.15, -0.1) is 11.8 Å². The van der Waals surface area contributed by atoms with Gasteiger partial charge in [0.15, 0.2) is 6.61 Å². The van der Waals surface area contributed by atoms with Crippen LogP contribution in [0.2, 0.25) is 0 Å². The predicted molar refractivity (Wildman–Crippen MR) is 124 cm³/mol. The summed E-state index contributed by atoms with van der Waals surface area (Å²) in [5.74, 6) is 1.03. The van der Waals surface area contributed by atoms with Gasteiger partial charge in [-0.05, 0) is 68.3 Å².